The number of likely N-dealkylation sites (tertiary alicyclic amines) is 1. The van der Waals surface area contributed by atoms with Crippen LogP contribution in [0, 0.1) is 0 Å². The quantitative estimate of drug-likeness (QED) is 0.882. The number of hydrogen-bond acceptors (Lipinski definition) is 3. The van der Waals surface area contributed by atoms with Crippen molar-refractivity contribution in [2.45, 2.75) is 51.0 Å². The summed E-state index contributed by atoms with van der Waals surface area (Å²) in [6.07, 6.45) is 7.47. The van der Waals surface area contributed by atoms with E-state index in [1.807, 2.05) is 6.20 Å². The summed E-state index contributed by atoms with van der Waals surface area (Å²) in [6, 6.07) is -0.165. The molecule has 23 heavy (non-hydrogen) atoms. The van der Waals surface area contributed by atoms with Crippen molar-refractivity contribution < 1.29 is 14.7 Å². The number of carbonyl (C=O) groups is 2. The molecule has 1 aromatic heterocycles. The lowest BCUT2D eigenvalue weighted by Crippen LogP contribution is -2.45. The number of nitrogens with zero attached hydrogens (tertiary/aromatic N) is 3. The highest BCUT2D eigenvalue weighted by Crippen LogP contribution is 2.29. The number of rotatable bonds is 4. The SMILES string of the molecule is O=C(O)CCNC(=O)N1CCCC(c2ncc3n2CCCC3)C1. The van der Waals surface area contributed by atoms with Crippen LogP contribution in [0.5, 0.6) is 0 Å². The first-order valence-electron chi connectivity index (χ1n) is 8.44. The lowest BCUT2D eigenvalue weighted by Gasteiger charge is -2.33. The van der Waals surface area contributed by atoms with Gasteiger partial charge >= 0.3 is 12.0 Å². The topological polar surface area (TPSA) is 87.5 Å². The fourth-order valence-electron chi connectivity index (χ4n) is 3.55. The van der Waals surface area contributed by atoms with Gasteiger partial charge in [0, 0.05) is 44.0 Å². The molecule has 7 nitrogen and oxygen atoms in total. The highest BCUT2D eigenvalue weighted by Gasteiger charge is 2.28. The number of aromatic nitrogens is 2. The molecule has 2 aliphatic rings. The monoisotopic (exact) mass is 320 g/mol. The zero-order valence-electron chi connectivity index (χ0n) is 13.3. The molecule has 0 saturated carbocycles. The number of carbonyl (C=O) groups excluding carboxylic acids is 1. The van der Waals surface area contributed by atoms with Gasteiger partial charge in [0.1, 0.15) is 5.82 Å². The van der Waals surface area contributed by atoms with Crippen LogP contribution in [0.3, 0.4) is 0 Å². The molecule has 0 bridgehead atoms. The van der Waals surface area contributed by atoms with Gasteiger partial charge in [-0.25, -0.2) is 9.78 Å². The van der Waals surface area contributed by atoms with Gasteiger partial charge in [-0.05, 0) is 32.1 Å². The van der Waals surface area contributed by atoms with Gasteiger partial charge in [0.05, 0.1) is 6.42 Å². The second-order valence-electron chi connectivity index (χ2n) is 6.38. The van der Waals surface area contributed by atoms with Gasteiger partial charge in [-0.15, -0.1) is 0 Å². The lowest BCUT2D eigenvalue weighted by atomic mass is 9.97. The highest BCUT2D eigenvalue weighted by atomic mass is 16.4. The number of nitrogens with one attached hydrogen (secondary N) is 1. The molecule has 0 radical (unpaired) electrons. The van der Waals surface area contributed by atoms with Gasteiger partial charge in [-0.3, -0.25) is 4.79 Å². The molecule has 0 aromatic carbocycles. The van der Waals surface area contributed by atoms with Crippen LogP contribution in [0.2, 0.25) is 0 Å². The third-order valence-corrected chi connectivity index (χ3v) is 4.72. The predicted molar refractivity (Wildman–Crippen MR) is 84.4 cm³/mol. The van der Waals surface area contributed by atoms with Gasteiger partial charge in [-0.2, -0.15) is 0 Å². The van der Waals surface area contributed by atoms with Gasteiger partial charge in [0.2, 0.25) is 0 Å². The van der Waals surface area contributed by atoms with Crippen molar-refractivity contribution >= 4 is 12.0 Å². The number of fused-ring (bicyclic) bond motifs is 1. The zero-order chi connectivity index (χ0) is 16.2. The number of urea groups is 1. The first-order chi connectivity index (χ1) is 11.1. The van der Waals surface area contributed by atoms with Crippen molar-refractivity contribution in [2.24, 2.45) is 0 Å². The molecule has 1 aromatic rings. The first kappa shape index (κ1) is 15.8. The largest absolute Gasteiger partial charge is 0.481 e. The third-order valence-electron chi connectivity index (χ3n) is 4.72. The molecule has 3 rings (SSSR count). The van der Waals surface area contributed by atoms with Crippen LogP contribution in [0.4, 0.5) is 4.79 Å². The summed E-state index contributed by atoms with van der Waals surface area (Å²) in [5, 5.41) is 11.3. The number of aryl methyl sites for hydroxylation is 1. The van der Waals surface area contributed by atoms with Crippen molar-refractivity contribution in [3.8, 4) is 0 Å². The number of carboxylic acids is 1. The number of aliphatic carboxylic acids is 1. The summed E-state index contributed by atoms with van der Waals surface area (Å²) >= 11 is 0. The highest BCUT2D eigenvalue weighted by molar-refractivity contribution is 5.75. The minimum atomic E-state index is -0.897. The van der Waals surface area contributed by atoms with E-state index in [4.69, 9.17) is 5.11 Å². The average Bonchev–Trinajstić information content (AvgIpc) is 2.98. The molecule has 3 heterocycles. The normalized spacial score (nSPS) is 20.9. The van der Waals surface area contributed by atoms with E-state index in [2.05, 4.69) is 14.9 Å². The molecule has 0 spiro atoms. The van der Waals surface area contributed by atoms with E-state index in [1.54, 1.807) is 4.90 Å². The van der Waals surface area contributed by atoms with E-state index in [0.29, 0.717) is 6.54 Å². The van der Waals surface area contributed by atoms with Crippen LogP contribution in [0.25, 0.3) is 0 Å². The summed E-state index contributed by atoms with van der Waals surface area (Å²) in [7, 11) is 0. The van der Waals surface area contributed by atoms with E-state index < -0.39 is 5.97 Å². The summed E-state index contributed by atoms with van der Waals surface area (Å²) in [5.41, 5.74) is 1.31. The Morgan fingerprint density at radius 3 is 3.00 bits per heavy atom. The maximum Gasteiger partial charge on any atom is 0.317 e. The number of carboxylic acid groups (broad SMARTS) is 1. The summed E-state index contributed by atoms with van der Waals surface area (Å²) < 4.78 is 2.33. The van der Waals surface area contributed by atoms with Crippen LogP contribution in [-0.4, -0.2) is 51.2 Å². The van der Waals surface area contributed by atoms with Gasteiger partial charge in [-0.1, -0.05) is 0 Å². The fourth-order valence-corrected chi connectivity index (χ4v) is 3.55. The standard InChI is InChI=1S/C16H24N4O3/c21-14(22)6-7-17-16(23)19-8-3-4-12(11-19)15-18-10-13-5-1-2-9-20(13)15/h10,12H,1-9,11H2,(H,17,23)(H,21,22). The summed E-state index contributed by atoms with van der Waals surface area (Å²) in [5.74, 6) is 0.495. The maximum absolute atomic E-state index is 12.2. The minimum absolute atomic E-state index is 0.0449. The van der Waals surface area contributed by atoms with Crippen LogP contribution in [0.15, 0.2) is 6.20 Å². The molecular formula is C16H24N4O3. The Morgan fingerprint density at radius 2 is 2.17 bits per heavy atom. The van der Waals surface area contributed by atoms with Crippen LogP contribution < -0.4 is 5.32 Å². The smallest absolute Gasteiger partial charge is 0.317 e. The van der Waals surface area contributed by atoms with Crippen LogP contribution >= 0.6 is 0 Å². The Hall–Kier alpha value is -2.05. The van der Waals surface area contributed by atoms with Crippen molar-refractivity contribution in [2.75, 3.05) is 19.6 Å². The molecular weight excluding hydrogens is 296 g/mol. The third kappa shape index (κ3) is 3.65. The van der Waals surface area contributed by atoms with Crippen molar-refractivity contribution in [1.29, 1.82) is 0 Å². The van der Waals surface area contributed by atoms with Crippen molar-refractivity contribution in [3.63, 3.8) is 0 Å². The molecule has 2 aliphatic heterocycles. The zero-order valence-corrected chi connectivity index (χ0v) is 13.3. The molecule has 1 saturated heterocycles. The second-order valence-corrected chi connectivity index (χ2v) is 6.38. The number of imidazole rings is 1. The Kier molecular flexibility index (Phi) is 4.83. The van der Waals surface area contributed by atoms with E-state index in [-0.39, 0.29) is 24.9 Å². The number of piperidine rings is 1. The summed E-state index contributed by atoms with van der Waals surface area (Å²) in [4.78, 5) is 29.1. The molecule has 126 valence electrons. The Morgan fingerprint density at radius 1 is 1.30 bits per heavy atom. The molecule has 1 atom stereocenters. The Balaban J connectivity index is 1.61. The Labute approximate surface area is 135 Å². The molecule has 1 fully saturated rings. The van der Waals surface area contributed by atoms with Gasteiger partial charge in [0.25, 0.3) is 0 Å². The van der Waals surface area contributed by atoms with E-state index >= 15 is 0 Å². The van der Waals surface area contributed by atoms with Crippen molar-refractivity contribution in [1.82, 2.24) is 19.8 Å². The molecule has 0 aliphatic carbocycles. The first-order valence-corrected chi connectivity index (χ1v) is 8.44. The fraction of sp³-hybridized carbons (Fsp3) is 0.688. The summed E-state index contributed by atoms with van der Waals surface area (Å²) in [6.45, 7) is 2.60. The average molecular weight is 320 g/mol. The van der Waals surface area contributed by atoms with Crippen molar-refractivity contribution in [3.05, 3.63) is 17.7 Å². The van der Waals surface area contributed by atoms with Gasteiger partial charge < -0.3 is 19.9 Å². The predicted octanol–water partition coefficient (Wildman–Crippen LogP) is 1.58. The number of amides is 2. The van der Waals surface area contributed by atoms with Crippen LogP contribution in [-0.2, 0) is 17.8 Å². The van der Waals surface area contributed by atoms with E-state index in [1.165, 1.54) is 18.5 Å². The lowest BCUT2D eigenvalue weighted by molar-refractivity contribution is -0.136. The second kappa shape index (κ2) is 7.02. The van der Waals surface area contributed by atoms with E-state index in [0.717, 1.165) is 38.2 Å². The van der Waals surface area contributed by atoms with Crippen LogP contribution in [0.1, 0.15) is 49.5 Å². The number of hydrogen-bond donors (Lipinski definition) is 2. The maximum atomic E-state index is 12.2. The molecule has 2 amide bonds. The van der Waals surface area contributed by atoms with Gasteiger partial charge in [0.15, 0.2) is 0 Å². The molecule has 2 N–H and O–H groups in total. The Bertz CT molecular complexity index is 584. The molecule has 7 heteroatoms. The van der Waals surface area contributed by atoms with E-state index in [9.17, 15) is 9.59 Å². The minimum Gasteiger partial charge on any atom is -0.481 e. The molecule has 1 unspecified atom stereocenters.